The van der Waals surface area contributed by atoms with E-state index in [1.807, 2.05) is 44.2 Å². The van der Waals surface area contributed by atoms with Gasteiger partial charge in [-0.05, 0) is 49.2 Å². The normalized spacial score (nSPS) is 12.8. The Labute approximate surface area is 178 Å². The number of carbonyl (C=O) groups excluding carboxylic acids is 1. The molecule has 2 atom stereocenters. The van der Waals surface area contributed by atoms with Crippen molar-refractivity contribution in [2.45, 2.75) is 26.3 Å². The summed E-state index contributed by atoms with van der Waals surface area (Å²) < 4.78 is 25.2. The molecule has 0 aliphatic heterocycles. The summed E-state index contributed by atoms with van der Waals surface area (Å²) in [6.45, 7) is 3.85. The maximum atomic E-state index is 13.1. The molecule has 7 heteroatoms. The van der Waals surface area contributed by atoms with E-state index in [9.17, 15) is 18.7 Å². The summed E-state index contributed by atoms with van der Waals surface area (Å²) in [6, 6.07) is 20.2. The predicted octanol–water partition coefficient (Wildman–Crippen LogP) is 4.51. The number of aryl methyl sites for hydroxylation is 1. The molecule has 2 N–H and O–H groups in total. The van der Waals surface area contributed by atoms with Crippen LogP contribution in [0.1, 0.15) is 40.9 Å². The fraction of sp³-hybridized carbons (Fsp3) is 0.174. The Morgan fingerprint density at radius 2 is 1.77 bits per heavy atom. The average molecular weight is 424 g/mol. The topological polar surface area (TPSA) is 92.7 Å². The Kier molecular flexibility index (Phi) is 6.87. The summed E-state index contributed by atoms with van der Waals surface area (Å²) in [6.07, 6.45) is 0.652. The maximum absolute atomic E-state index is 13.1. The van der Waals surface area contributed by atoms with Crippen LogP contribution in [0.25, 0.3) is 0 Å². The quantitative estimate of drug-likeness (QED) is 0.547. The zero-order valence-electron chi connectivity index (χ0n) is 16.7. The van der Waals surface area contributed by atoms with Gasteiger partial charge < -0.3 is 15.0 Å². The fourth-order valence-electron chi connectivity index (χ4n) is 3.21. The van der Waals surface area contributed by atoms with E-state index in [4.69, 9.17) is 0 Å². The van der Waals surface area contributed by atoms with Crippen LogP contribution in [0.4, 0.5) is 11.4 Å². The summed E-state index contributed by atoms with van der Waals surface area (Å²) in [5, 5.41) is 12.9. The van der Waals surface area contributed by atoms with Crippen LogP contribution in [0.5, 0.6) is 5.75 Å². The lowest BCUT2D eigenvalue weighted by Gasteiger charge is -2.29. The number of aromatic hydroxyl groups is 1. The van der Waals surface area contributed by atoms with Gasteiger partial charge in [0.2, 0.25) is 0 Å². The molecule has 3 rings (SSSR count). The second-order valence-electron chi connectivity index (χ2n) is 6.89. The van der Waals surface area contributed by atoms with E-state index in [2.05, 4.69) is 5.32 Å². The number of nitrogens with zero attached hydrogens (tertiary/aromatic N) is 1. The Hall–Kier alpha value is -3.16. The van der Waals surface area contributed by atoms with Crippen molar-refractivity contribution in [3.05, 3.63) is 89.5 Å². The van der Waals surface area contributed by atoms with E-state index < -0.39 is 17.2 Å². The molecule has 6 nitrogen and oxygen atoms in total. The minimum atomic E-state index is -2.67. The molecule has 1 amide bonds. The third-order valence-corrected chi connectivity index (χ3v) is 5.48. The van der Waals surface area contributed by atoms with Crippen molar-refractivity contribution in [2.75, 3.05) is 4.31 Å². The van der Waals surface area contributed by atoms with E-state index in [-0.39, 0.29) is 23.0 Å². The van der Waals surface area contributed by atoms with Crippen molar-refractivity contribution in [1.29, 1.82) is 0 Å². The van der Waals surface area contributed by atoms with Gasteiger partial charge in [-0.1, -0.05) is 55.0 Å². The second kappa shape index (κ2) is 9.56. The smallest absolute Gasteiger partial charge is 0.254 e. The molecule has 2 unspecified atom stereocenters. The van der Waals surface area contributed by atoms with E-state index in [1.165, 1.54) is 18.2 Å². The third-order valence-electron chi connectivity index (χ3n) is 4.78. The van der Waals surface area contributed by atoms with Crippen LogP contribution >= 0.6 is 0 Å². The molecule has 0 aromatic heterocycles. The Bertz CT molecular complexity index is 1040. The number of amides is 1. The molecular weight excluding hydrogens is 400 g/mol. The largest absolute Gasteiger partial charge is 0.755 e. The van der Waals surface area contributed by atoms with Gasteiger partial charge in [0, 0.05) is 0 Å². The van der Waals surface area contributed by atoms with Crippen molar-refractivity contribution in [2.24, 2.45) is 0 Å². The molecule has 0 saturated carbocycles. The number of anilines is 2. The zero-order valence-corrected chi connectivity index (χ0v) is 17.6. The van der Waals surface area contributed by atoms with Gasteiger partial charge in [0.05, 0.1) is 34.2 Å². The first-order valence-electron chi connectivity index (χ1n) is 9.55. The van der Waals surface area contributed by atoms with E-state index in [0.29, 0.717) is 12.1 Å². The summed E-state index contributed by atoms with van der Waals surface area (Å²) >= 11 is -2.67. The highest BCUT2D eigenvalue weighted by Gasteiger charge is 2.22. The number of carbonyl (C=O) groups is 1. The number of phenols is 1. The van der Waals surface area contributed by atoms with Crippen LogP contribution in [-0.4, -0.2) is 19.8 Å². The molecule has 0 saturated heterocycles. The third kappa shape index (κ3) is 4.87. The number of hydrogen-bond acceptors (Lipinski definition) is 4. The van der Waals surface area contributed by atoms with Crippen LogP contribution < -0.4 is 9.62 Å². The summed E-state index contributed by atoms with van der Waals surface area (Å²) in [7, 11) is 0. The lowest BCUT2D eigenvalue weighted by atomic mass is 10.0. The van der Waals surface area contributed by atoms with Gasteiger partial charge in [0.15, 0.2) is 0 Å². The van der Waals surface area contributed by atoms with Gasteiger partial charge >= 0.3 is 0 Å². The molecule has 0 aliphatic carbocycles. The maximum Gasteiger partial charge on any atom is 0.254 e. The summed E-state index contributed by atoms with van der Waals surface area (Å²) in [4.78, 5) is 13.1. The molecule has 3 aromatic rings. The fourth-order valence-corrected chi connectivity index (χ4v) is 3.82. The van der Waals surface area contributed by atoms with Gasteiger partial charge in [-0.25, -0.2) is 0 Å². The van der Waals surface area contributed by atoms with E-state index >= 15 is 0 Å². The number of rotatable bonds is 7. The SMILES string of the molecule is CCC(NC(=O)c1cc(O)ccc1N(c1ccc(C)cc1)S(=O)[O-])c1ccccc1. The summed E-state index contributed by atoms with van der Waals surface area (Å²) in [5.74, 6) is -0.601. The lowest BCUT2D eigenvalue weighted by Crippen LogP contribution is -2.30. The molecule has 0 spiro atoms. The van der Waals surface area contributed by atoms with Crippen molar-refractivity contribution >= 4 is 28.5 Å². The minimum absolute atomic E-state index is 0.0640. The zero-order chi connectivity index (χ0) is 21.7. The Morgan fingerprint density at radius 3 is 2.37 bits per heavy atom. The number of phenolic OH excluding ortho intramolecular Hbond substituents is 1. The highest BCUT2D eigenvalue weighted by Crippen LogP contribution is 2.33. The van der Waals surface area contributed by atoms with Crippen LogP contribution in [0.3, 0.4) is 0 Å². The van der Waals surface area contributed by atoms with Crippen LogP contribution in [-0.2, 0) is 11.3 Å². The molecule has 0 radical (unpaired) electrons. The molecular formula is C23H23N2O4S-. The molecule has 0 aliphatic rings. The number of hydrogen-bond donors (Lipinski definition) is 2. The average Bonchev–Trinajstić information content (AvgIpc) is 2.74. The van der Waals surface area contributed by atoms with Gasteiger partial charge in [0.25, 0.3) is 5.91 Å². The van der Waals surface area contributed by atoms with Crippen LogP contribution in [0.15, 0.2) is 72.8 Å². The van der Waals surface area contributed by atoms with Gasteiger partial charge in [-0.2, -0.15) is 0 Å². The van der Waals surface area contributed by atoms with Gasteiger partial charge in [0.1, 0.15) is 5.75 Å². The lowest BCUT2D eigenvalue weighted by molar-refractivity contribution is 0.0936. The molecule has 0 bridgehead atoms. The first kappa shape index (κ1) is 21.5. The van der Waals surface area contributed by atoms with Gasteiger partial charge in [-0.3, -0.25) is 13.3 Å². The van der Waals surface area contributed by atoms with Crippen molar-refractivity contribution in [3.8, 4) is 5.75 Å². The minimum Gasteiger partial charge on any atom is -0.755 e. The highest BCUT2D eigenvalue weighted by atomic mass is 32.2. The molecule has 0 heterocycles. The Balaban J connectivity index is 2.00. The van der Waals surface area contributed by atoms with Gasteiger partial charge in [-0.15, -0.1) is 0 Å². The molecule has 0 fully saturated rings. The van der Waals surface area contributed by atoms with Crippen LogP contribution in [0, 0.1) is 6.92 Å². The van der Waals surface area contributed by atoms with E-state index in [1.54, 1.807) is 24.3 Å². The molecule has 156 valence electrons. The first-order valence-corrected chi connectivity index (χ1v) is 10.6. The van der Waals surface area contributed by atoms with Crippen molar-refractivity contribution in [3.63, 3.8) is 0 Å². The second-order valence-corrected chi connectivity index (χ2v) is 7.69. The first-order chi connectivity index (χ1) is 14.4. The number of benzene rings is 3. The molecule has 3 aromatic carbocycles. The van der Waals surface area contributed by atoms with Crippen molar-refractivity contribution in [1.82, 2.24) is 5.32 Å². The predicted molar refractivity (Wildman–Crippen MR) is 117 cm³/mol. The summed E-state index contributed by atoms with van der Waals surface area (Å²) in [5.41, 5.74) is 2.54. The highest BCUT2D eigenvalue weighted by molar-refractivity contribution is 7.81. The van der Waals surface area contributed by atoms with E-state index in [0.717, 1.165) is 15.4 Å². The monoisotopic (exact) mass is 423 g/mol. The van der Waals surface area contributed by atoms with Crippen molar-refractivity contribution < 1.29 is 18.7 Å². The molecule has 30 heavy (non-hydrogen) atoms. The number of nitrogens with one attached hydrogen (secondary N) is 1. The van der Waals surface area contributed by atoms with Crippen LogP contribution in [0.2, 0.25) is 0 Å². The Morgan fingerprint density at radius 1 is 1.10 bits per heavy atom. The standard InChI is InChI=1S/C23H24N2O4S/c1-3-21(17-7-5-4-6-8-17)24-23(27)20-15-19(26)13-14-22(20)25(30(28)29)18-11-9-16(2)10-12-18/h4-15,21,26H,3H2,1-2H3,(H,24,27)(H,28,29)/p-1.